The number of aryl methyl sites for hydroxylation is 1. The number of rotatable bonds is 8. The van der Waals surface area contributed by atoms with Gasteiger partial charge in [-0.2, -0.15) is 15.3 Å². The van der Waals surface area contributed by atoms with Crippen LogP contribution in [0.2, 0.25) is 0 Å². The van der Waals surface area contributed by atoms with Crippen LogP contribution in [0.25, 0.3) is 28.6 Å². The number of tetrazole rings is 1. The van der Waals surface area contributed by atoms with Crippen molar-refractivity contribution in [2.75, 3.05) is 0 Å². The van der Waals surface area contributed by atoms with E-state index in [0.29, 0.717) is 18.3 Å². The minimum atomic E-state index is -0.311. The fourth-order valence-corrected chi connectivity index (χ4v) is 4.31. The molecular weight excluding hydrogens is 468 g/mol. The average molecular weight is 499 g/mol. The molecule has 0 bridgehead atoms. The highest BCUT2D eigenvalue weighted by molar-refractivity contribution is 5.78. The zero-order valence-corrected chi connectivity index (χ0v) is 21.5. The summed E-state index contributed by atoms with van der Waals surface area (Å²) >= 11 is 0. The molecule has 0 amide bonds. The number of hydrogen-bond acceptors (Lipinski definition) is 7. The van der Waals surface area contributed by atoms with Crippen molar-refractivity contribution in [2.45, 2.75) is 59.0 Å². The lowest BCUT2D eigenvalue weighted by atomic mass is 10.0. The Kier molecular flexibility index (Phi) is 6.51. The zero-order chi connectivity index (χ0) is 26.0. The van der Waals surface area contributed by atoms with Gasteiger partial charge in [-0.15, -0.1) is 10.2 Å². The lowest BCUT2D eigenvalue weighted by Crippen LogP contribution is -2.31. The summed E-state index contributed by atoms with van der Waals surface area (Å²) in [6, 6.07) is 11.8. The van der Waals surface area contributed by atoms with Gasteiger partial charge in [-0.1, -0.05) is 43.7 Å². The van der Waals surface area contributed by atoms with E-state index in [1.807, 2.05) is 69.6 Å². The first-order valence-corrected chi connectivity index (χ1v) is 12.4. The van der Waals surface area contributed by atoms with Crippen molar-refractivity contribution in [3.05, 3.63) is 76.9 Å². The first-order chi connectivity index (χ1) is 17.9. The van der Waals surface area contributed by atoms with Gasteiger partial charge in [-0.05, 0) is 50.5 Å². The Morgan fingerprint density at radius 1 is 1.03 bits per heavy atom. The maximum Gasteiger partial charge on any atom is 0.335 e. The summed E-state index contributed by atoms with van der Waals surface area (Å²) in [4.78, 5) is 22.7. The van der Waals surface area contributed by atoms with Crippen molar-refractivity contribution in [3.63, 3.8) is 0 Å². The van der Waals surface area contributed by atoms with Gasteiger partial charge in [0, 0.05) is 29.2 Å². The minimum absolute atomic E-state index is 0.142. The quantitative estimate of drug-likeness (QED) is 0.346. The lowest BCUT2D eigenvalue weighted by molar-refractivity contribution is 0.349. The Morgan fingerprint density at radius 3 is 2.51 bits per heavy atom. The van der Waals surface area contributed by atoms with Crippen LogP contribution in [0.5, 0.6) is 0 Å². The Morgan fingerprint density at radius 2 is 1.84 bits per heavy atom. The zero-order valence-electron chi connectivity index (χ0n) is 21.5. The number of hydrogen-bond donors (Lipinski definition) is 1. The molecule has 0 saturated heterocycles. The van der Waals surface area contributed by atoms with Crippen molar-refractivity contribution in [1.82, 2.24) is 49.5 Å². The van der Waals surface area contributed by atoms with Gasteiger partial charge in [-0.3, -0.25) is 9.55 Å². The third-order valence-corrected chi connectivity index (χ3v) is 6.18. The smallest absolute Gasteiger partial charge is 0.291 e. The molecule has 0 atom stereocenters. The summed E-state index contributed by atoms with van der Waals surface area (Å²) in [6.07, 6.45) is 8.02. The van der Waals surface area contributed by atoms with Gasteiger partial charge in [0.15, 0.2) is 0 Å². The van der Waals surface area contributed by atoms with E-state index < -0.39 is 0 Å². The molecule has 0 aliphatic heterocycles. The van der Waals surface area contributed by atoms with E-state index in [-0.39, 0.29) is 11.2 Å². The Bertz CT molecular complexity index is 1540. The van der Waals surface area contributed by atoms with Crippen molar-refractivity contribution in [3.8, 4) is 28.6 Å². The van der Waals surface area contributed by atoms with Crippen molar-refractivity contribution in [1.29, 1.82) is 0 Å². The summed E-state index contributed by atoms with van der Waals surface area (Å²) in [5.74, 6) is 1.03. The molecule has 0 saturated carbocycles. The number of imidazole rings is 1. The number of pyridine rings is 1. The second-order valence-electron chi connectivity index (χ2n) is 9.94. The second kappa shape index (κ2) is 9.92. The first kappa shape index (κ1) is 24.3. The van der Waals surface area contributed by atoms with Crippen LogP contribution >= 0.6 is 0 Å². The number of aromatic nitrogens is 10. The van der Waals surface area contributed by atoms with Crippen LogP contribution < -0.4 is 5.69 Å². The van der Waals surface area contributed by atoms with E-state index in [2.05, 4.69) is 37.6 Å². The third-order valence-electron chi connectivity index (χ3n) is 6.18. The van der Waals surface area contributed by atoms with Gasteiger partial charge >= 0.3 is 5.69 Å². The SMILES string of the molecule is CCCCc1cn(-c2ncnn2C(C)(C)C)c(=O)n1Cc1ccc(-c2ccccc2-c2nn[nH]n2)nc1. The molecular formula is C26H30N10O. The number of nitrogens with zero attached hydrogens (tertiary/aromatic N) is 9. The molecule has 5 rings (SSSR count). The van der Waals surface area contributed by atoms with E-state index in [1.54, 1.807) is 13.8 Å². The highest BCUT2D eigenvalue weighted by Gasteiger charge is 2.23. The monoisotopic (exact) mass is 498 g/mol. The predicted molar refractivity (Wildman–Crippen MR) is 139 cm³/mol. The molecule has 0 spiro atoms. The molecule has 0 aliphatic rings. The van der Waals surface area contributed by atoms with Gasteiger partial charge in [0.1, 0.15) is 6.33 Å². The lowest BCUT2D eigenvalue weighted by Gasteiger charge is -2.20. The first-order valence-electron chi connectivity index (χ1n) is 12.4. The molecule has 11 nitrogen and oxygen atoms in total. The molecule has 37 heavy (non-hydrogen) atoms. The van der Waals surface area contributed by atoms with E-state index in [0.717, 1.165) is 47.3 Å². The molecule has 1 aromatic carbocycles. The Hall–Kier alpha value is -4.41. The van der Waals surface area contributed by atoms with E-state index >= 15 is 0 Å². The number of nitrogens with one attached hydrogen (secondary N) is 1. The topological polar surface area (TPSA) is 125 Å². The molecule has 4 aromatic heterocycles. The number of H-pyrrole nitrogens is 1. The fraction of sp³-hybridized carbons (Fsp3) is 0.346. The Labute approximate surface area is 214 Å². The molecule has 11 heteroatoms. The molecule has 0 aliphatic carbocycles. The largest absolute Gasteiger partial charge is 0.335 e. The van der Waals surface area contributed by atoms with Crippen LogP contribution in [-0.4, -0.2) is 49.5 Å². The molecule has 1 N–H and O–H groups in total. The second-order valence-corrected chi connectivity index (χ2v) is 9.94. The molecule has 5 aromatic rings. The highest BCUT2D eigenvalue weighted by atomic mass is 16.2. The number of unbranched alkanes of at least 4 members (excludes halogenated alkanes) is 1. The summed E-state index contributed by atoms with van der Waals surface area (Å²) in [7, 11) is 0. The van der Waals surface area contributed by atoms with Crippen LogP contribution in [-0.2, 0) is 18.5 Å². The fourth-order valence-electron chi connectivity index (χ4n) is 4.31. The summed E-state index contributed by atoms with van der Waals surface area (Å²) in [5.41, 5.74) is 3.97. The molecule has 0 fully saturated rings. The van der Waals surface area contributed by atoms with Crippen LogP contribution in [0.15, 0.2) is 59.9 Å². The molecule has 0 radical (unpaired) electrons. The van der Waals surface area contributed by atoms with Crippen LogP contribution in [0.1, 0.15) is 51.8 Å². The molecule has 4 heterocycles. The number of benzene rings is 1. The maximum atomic E-state index is 13.6. The van der Waals surface area contributed by atoms with Crippen LogP contribution in [0.4, 0.5) is 0 Å². The summed E-state index contributed by atoms with van der Waals surface area (Å²) in [6.45, 7) is 8.67. The van der Waals surface area contributed by atoms with Gasteiger partial charge < -0.3 is 0 Å². The van der Waals surface area contributed by atoms with Crippen molar-refractivity contribution >= 4 is 0 Å². The van der Waals surface area contributed by atoms with Crippen LogP contribution in [0.3, 0.4) is 0 Å². The van der Waals surface area contributed by atoms with Crippen molar-refractivity contribution in [2.24, 2.45) is 0 Å². The molecule has 190 valence electrons. The van der Waals surface area contributed by atoms with E-state index in [1.165, 1.54) is 6.33 Å². The van der Waals surface area contributed by atoms with Crippen molar-refractivity contribution < 1.29 is 0 Å². The Balaban J connectivity index is 1.48. The highest BCUT2D eigenvalue weighted by Crippen LogP contribution is 2.28. The van der Waals surface area contributed by atoms with Gasteiger partial charge in [-0.25, -0.2) is 14.0 Å². The normalized spacial score (nSPS) is 11.8. The standard InChI is InChI=1S/C26H30N10O/c1-5-6-9-19-16-35(24-28-17-29-36(24)26(2,3)4)25(37)34(19)15-18-12-13-22(27-14-18)20-10-7-8-11-21(20)23-30-32-33-31-23/h7-8,10-14,16-17H,5-6,9,15H2,1-4H3,(H,30,31,32,33). The maximum absolute atomic E-state index is 13.6. The van der Waals surface area contributed by atoms with Gasteiger partial charge in [0.25, 0.3) is 0 Å². The van der Waals surface area contributed by atoms with E-state index in [4.69, 9.17) is 4.98 Å². The summed E-state index contributed by atoms with van der Waals surface area (Å²) < 4.78 is 5.19. The average Bonchev–Trinajstić information content (AvgIpc) is 3.65. The predicted octanol–water partition coefficient (Wildman–Crippen LogP) is 3.62. The minimum Gasteiger partial charge on any atom is -0.291 e. The van der Waals surface area contributed by atoms with Crippen LogP contribution in [0, 0.1) is 0 Å². The van der Waals surface area contributed by atoms with E-state index in [9.17, 15) is 4.79 Å². The summed E-state index contributed by atoms with van der Waals surface area (Å²) in [5, 5.41) is 18.7. The number of aromatic amines is 1. The third kappa shape index (κ3) is 4.84. The van der Waals surface area contributed by atoms with Gasteiger partial charge in [0.05, 0.1) is 17.8 Å². The van der Waals surface area contributed by atoms with Gasteiger partial charge in [0.2, 0.25) is 11.8 Å². The molecule has 0 unspecified atom stereocenters.